The fraction of sp³-hybridized carbons (Fsp3) is 0.636. The van der Waals surface area contributed by atoms with Gasteiger partial charge in [0.15, 0.2) is 0 Å². The molecule has 1 amide bonds. The fourth-order valence-corrected chi connectivity index (χ4v) is 3.48. The molecule has 0 N–H and O–H groups in total. The first-order valence-electron chi connectivity index (χ1n) is 9.73. The lowest BCUT2D eigenvalue weighted by Crippen LogP contribution is -2.52. The first-order chi connectivity index (χ1) is 12.2. The third kappa shape index (κ3) is 5.32. The Kier molecular flexibility index (Phi) is 6.83. The third-order valence-electron chi connectivity index (χ3n) is 5.27. The van der Waals surface area contributed by atoms with Gasteiger partial charge in [0.2, 0.25) is 5.91 Å². The van der Waals surface area contributed by atoms with Gasteiger partial charge in [-0.25, -0.2) is 0 Å². The van der Waals surface area contributed by atoms with Gasteiger partial charge >= 0.3 is 0 Å². The summed E-state index contributed by atoms with van der Waals surface area (Å²) < 4.78 is 0. The van der Waals surface area contributed by atoms with Crippen LogP contribution in [-0.2, 0) is 16.6 Å². The Hall–Kier alpha value is -1.86. The van der Waals surface area contributed by atoms with E-state index in [0.29, 0.717) is 12.3 Å². The van der Waals surface area contributed by atoms with Gasteiger partial charge < -0.3 is 4.90 Å². The lowest BCUT2D eigenvalue weighted by atomic mass is 9.86. The smallest absolute Gasteiger partial charge is 0.222 e. The zero-order valence-corrected chi connectivity index (χ0v) is 17.0. The Bertz CT molecular complexity index is 629. The number of amides is 1. The number of aryl methyl sites for hydroxylation is 1. The third-order valence-corrected chi connectivity index (χ3v) is 5.27. The number of nitrogens with zero attached hydrogens (tertiary/aromatic N) is 3. The highest BCUT2D eigenvalue weighted by atomic mass is 16.2. The molecule has 1 atom stereocenters. The highest BCUT2D eigenvalue weighted by Crippen LogP contribution is 2.22. The molecule has 0 radical (unpaired) electrons. The van der Waals surface area contributed by atoms with Crippen molar-refractivity contribution < 1.29 is 4.79 Å². The number of benzene rings is 1. The van der Waals surface area contributed by atoms with Gasteiger partial charge in [-0.3, -0.25) is 9.69 Å². The Morgan fingerprint density at radius 3 is 2.15 bits per heavy atom. The number of rotatable bonds is 5. The predicted molar refractivity (Wildman–Crippen MR) is 106 cm³/mol. The molecule has 1 unspecified atom stereocenters. The molecule has 1 fully saturated rings. The van der Waals surface area contributed by atoms with E-state index >= 15 is 0 Å². The highest BCUT2D eigenvalue weighted by Gasteiger charge is 2.27. The predicted octanol–water partition coefficient (Wildman–Crippen LogP) is 3.61. The Morgan fingerprint density at radius 1 is 1.12 bits per heavy atom. The van der Waals surface area contributed by atoms with Gasteiger partial charge in [-0.15, -0.1) is 0 Å². The molecule has 2 rings (SSSR count). The van der Waals surface area contributed by atoms with Gasteiger partial charge in [0.05, 0.1) is 6.07 Å². The molecule has 0 bridgehead atoms. The van der Waals surface area contributed by atoms with Gasteiger partial charge in [-0.1, -0.05) is 58.9 Å². The van der Waals surface area contributed by atoms with Crippen LogP contribution in [0.25, 0.3) is 0 Å². The maximum atomic E-state index is 12.5. The molecule has 4 nitrogen and oxygen atoms in total. The van der Waals surface area contributed by atoms with Crippen molar-refractivity contribution >= 4 is 5.91 Å². The minimum atomic E-state index is -0.0476. The van der Waals surface area contributed by atoms with Crippen LogP contribution < -0.4 is 0 Å². The maximum absolute atomic E-state index is 12.5. The summed E-state index contributed by atoms with van der Waals surface area (Å²) in [4.78, 5) is 16.7. The van der Waals surface area contributed by atoms with Crippen molar-refractivity contribution in [1.82, 2.24) is 9.80 Å². The topological polar surface area (TPSA) is 47.3 Å². The van der Waals surface area contributed by atoms with Crippen LogP contribution in [0.2, 0.25) is 0 Å². The average Bonchev–Trinajstić information content (AvgIpc) is 2.60. The number of piperazine rings is 1. The van der Waals surface area contributed by atoms with Crippen molar-refractivity contribution in [3.63, 3.8) is 0 Å². The van der Waals surface area contributed by atoms with Gasteiger partial charge in [0.1, 0.15) is 6.04 Å². The van der Waals surface area contributed by atoms with Gasteiger partial charge in [0.25, 0.3) is 0 Å². The summed E-state index contributed by atoms with van der Waals surface area (Å²) in [5.74, 6) is 0.543. The number of carbonyl (C=O) groups is 1. The first kappa shape index (κ1) is 20.5. The standard InChI is InChI=1S/C22H33N3O/c1-17(2)20(16-23)24-12-14-25(15-13-24)21(26)11-8-18-6-9-19(10-7-18)22(3,4)5/h6-7,9-10,17,20H,8,11-15H2,1-5H3. The summed E-state index contributed by atoms with van der Waals surface area (Å²) in [5, 5.41) is 9.33. The van der Waals surface area contributed by atoms with E-state index in [1.165, 1.54) is 11.1 Å². The summed E-state index contributed by atoms with van der Waals surface area (Å²) in [6.07, 6.45) is 1.34. The second-order valence-corrected chi connectivity index (χ2v) is 8.68. The lowest BCUT2D eigenvalue weighted by Gasteiger charge is -2.38. The van der Waals surface area contributed by atoms with Crippen molar-refractivity contribution in [3.05, 3.63) is 35.4 Å². The fourth-order valence-electron chi connectivity index (χ4n) is 3.48. The van der Waals surface area contributed by atoms with Crippen LogP contribution in [-0.4, -0.2) is 47.9 Å². The van der Waals surface area contributed by atoms with Crippen molar-refractivity contribution in [2.75, 3.05) is 26.2 Å². The van der Waals surface area contributed by atoms with Crippen LogP contribution >= 0.6 is 0 Å². The van der Waals surface area contributed by atoms with Crippen molar-refractivity contribution in [1.29, 1.82) is 5.26 Å². The SMILES string of the molecule is CC(C)C(C#N)N1CCN(C(=O)CCc2ccc(C(C)(C)C)cc2)CC1. The van der Waals surface area contributed by atoms with E-state index in [2.05, 4.69) is 69.9 Å². The molecule has 1 saturated heterocycles. The summed E-state index contributed by atoms with van der Waals surface area (Å²) >= 11 is 0. The quantitative estimate of drug-likeness (QED) is 0.811. The number of nitriles is 1. The number of hydrogen-bond acceptors (Lipinski definition) is 3. The molecule has 0 aliphatic carbocycles. The first-order valence-corrected chi connectivity index (χ1v) is 9.73. The minimum Gasteiger partial charge on any atom is -0.340 e. The van der Waals surface area contributed by atoms with Crippen LogP contribution in [0.4, 0.5) is 0 Å². The summed E-state index contributed by atoms with van der Waals surface area (Å²) in [5.41, 5.74) is 2.70. The van der Waals surface area contributed by atoms with E-state index in [4.69, 9.17) is 0 Å². The van der Waals surface area contributed by atoms with Crippen molar-refractivity contribution in [3.8, 4) is 6.07 Å². The lowest BCUT2D eigenvalue weighted by molar-refractivity contribution is -0.133. The number of carbonyl (C=O) groups excluding carboxylic acids is 1. The van der Waals surface area contributed by atoms with E-state index in [1.54, 1.807) is 0 Å². The molecular weight excluding hydrogens is 322 g/mol. The van der Waals surface area contributed by atoms with E-state index < -0.39 is 0 Å². The highest BCUT2D eigenvalue weighted by molar-refractivity contribution is 5.76. The molecule has 1 aliphatic heterocycles. The van der Waals surface area contributed by atoms with Crippen LogP contribution in [0.15, 0.2) is 24.3 Å². The van der Waals surface area contributed by atoms with Gasteiger partial charge in [-0.05, 0) is 28.9 Å². The molecule has 142 valence electrons. The van der Waals surface area contributed by atoms with E-state index in [0.717, 1.165) is 32.6 Å². The van der Waals surface area contributed by atoms with Gasteiger partial charge in [0, 0.05) is 32.6 Å². The minimum absolute atomic E-state index is 0.0476. The number of hydrogen-bond donors (Lipinski definition) is 0. The molecule has 1 aromatic rings. The van der Waals surface area contributed by atoms with Crippen molar-refractivity contribution in [2.45, 2.75) is 58.9 Å². The molecule has 4 heteroatoms. The molecule has 1 aromatic carbocycles. The second-order valence-electron chi connectivity index (χ2n) is 8.68. The monoisotopic (exact) mass is 355 g/mol. The Balaban J connectivity index is 1.82. The maximum Gasteiger partial charge on any atom is 0.222 e. The average molecular weight is 356 g/mol. The van der Waals surface area contributed by atoms with E-state index in [-0.39, 0.29) is 17.4 Å². The normalized spacial score (nSPS) is 17.2. The summed E-state index contributed by atoms with van der Waals surface area (Å²) in [7, 11) is 0. The van der Waals surface area contributed by atoms with Crippen molar-refractivity contribution in [2.24, 2.45) is 5.92 Å². The molecule has 0 aromatic heterocycles. The molecule has 0 spiro atoms. The van der Waals surface area contributed by atoms with Crippen LogP contribution in [0.1, 0.15) is 52.2 Å². The summed E-state index contributed by atoms with van der Waals surface area (Å²) in [6, 6.07) is 11.0. The molecule has 1 heterocycles. The van der Waals surface area contributed by atoms with Gasteiger partial charge in [-0.2, -0.15) is 5.26 Å². The van der Waals surface area contributed by atoms with Crippen LogP contribution in [0.3, 0.4) is 0 Å². The van der Waals surface area contributed by atoms with E-state index in [9.17, 15) is 10.1 Å². The zero-order valence-electron chi connectivity index (χ0n) is 17.0. The molecule has 1 aliphatic rings. The molecule has 26 heavy (non-hydrogen) atoms. The Morgan fingerprint density at radius 2 is 1.69 bits per heavy atom. The second kappa shape index (κ2) is 8.68. The van der Waals surface area contributed by atoms with E-state index in [1.807, 2.05) is 4.90 Å². The summed E-state index contributed by atoms with van der Waals surface area (Å²) in [6.45, 7) is 13.8. The zero-order chi connectivity index (χ0) is 19.3. The van der Waals surface area contributed by atoms with Crippen LogP contribution in [0, 0.1) is 17.2 Å². The Labute approximate surface area is 158 Å². The molecule has 0 saturated carbocycles. The van der Waals surface area contributed by atoms with Crippen LogP contribution in [0.5, 0.6) is 0 Å². The largest absolute Gasteiger partial charge is 0.340 e. The molecular formula is C22H33N3O.